The average Bonchev–Trinajstić information content (AvgIpc) is 2.51. The van der Waals surface area contributed by atoms with Gasteiger partial charge in [-0.3, -0.25) is 4.79 Å². The minimum atomic E-state index is -0.409. The molecule has 0 saturated carbocycles. The Morgan fingerprint density at radius 2 is 1.91 bits per heavy atom. The van der Waals surface area contributed by atoms with Crippen LogP contribution in [0.1, 0.15) is 10.4 Å². The predicted octanol–water partition coefficient (Wildman–Crippen LogP) is 2.80. The molecule has 2 N–H and O–H groups in total. The molecule has 2 aromatic rings. The summed E-state index contributed by atoms with van der Waals surface area (Å²) in [5, 5.41) is 6.11. The minimum Gasteiger partial charge on any atom is -0.386 e. The van der Waals surface area contributed by atoms with Crippen molar-refractivity contribution in [3.8, 4) is 0 Å². The van der Waals surface area contributed by atoms with Gasteiger partial charge in [-0.15, -0.1) is 0 Å². The number of rotatable bonds is 4. The lowest BCUT2D eigenvalue weighted by molar-refractivity contribution is 0.0625. The standard InChI is InChI=1S/C17H18FN3O/c1-19-16-8-7-12(9-15(16)18)17(22)21-10-14(11-21)20-13-5-3-2-4-6-13/h2-9,14,19-20H,10-11H2,1H3. The van der Waals surface area contributed by atoms with Crippen LogP contribution in [0.5, 0.6) is 0 Å². The summed E-state index contributed by atoms with van der Waals surface area (Å²) in [6.07, 6.45) is 0. The number of carbonyl (C=O) groups is 1. The zero-order chi connectivity index (χ0) is 15.5. The van der Waals surface area contributed by atoms with Crippen molar-refractivity contribution in [3.63, 3.8) is 0 Å². The van der Waals surface area contributed by atoms with Crippen LogP contribution in [0.3, 0.4) is 0 Å². The number of likely N-dealkylation sites (tertiary alicyclic amines) is 1. The van der Waals surface area contributed by atoms with E-state index in [0.29, 0.717) is 24.3 Å². The number of halogens is 1. The molecule has 1 fully saturated rings. The van der Waals surface area contributed by atoms with Crippen LogP contribution >= 0.6 is 0 Å². The molecule has 4 nitrogen and oxygen atoms in total. The molecule has 0 bridgehead atoms. The molecule has 1 aliphatic rings. The van der Waals surface area contributed by atoms with Crippen molar-refractivity contribution >= 4 is 17.3 Å². The molecule has 1 heterocycles. The number of amides is 1. The van der Waals surface area contributed by atoms with Crippen molar-refractivity contribution < 1.29 is 9.18 Å². The molecule has 1 saturated heterocycles. The van der Waals surface area contributed by atoms with E-state index in [1.807, 2.05) is 30.3 Å². The summed E-state index contributed by atoms with van der Waals surface area (Å²) in [5.41, 5.74) is 1.82. The second kappa shape index (κ2) is 6.05. The van der Waals surface area contributed by atoms with E-state index in [9.17, 15) is 9.18 Å². The molecule has 0 aliphatic carbocycles. The second-order valence-corrected chi connectivity index (χ2v) is 5.36. The summed E-state index contributed by atoms with van der Waals surface area (Å²) < 4.78 is 13.7. The van der Waals surface area contributed by atoms with E-state index >= 15 is 0 Å². The number of anilines is 2. The molecule has 3 rings (SSSR count). The third kappa shape index (κ3) is 2.88. The Morgan fingerprint density at radius 3 is 2.55 bits per heavy atom. The van der Waals surface area contributed by atoms with E-state index in [4.69, 9.17) is 0 Å². The van der Waals surface area contributed by atoms with Crippen LogP contribution in [0.25, 0.3) is 0 Å². The van der Waals surface area contributed by atoms with Gasteiger partial charge in [0.1, 0.15) is 5.82 Å². The average molecular weight is 299 g/mol. The summed E-state index contributed by atoms with van der Waals surface area (Å²) in [5.74, 6) is -0.541. The van der Waals surface area contributed by atoms with Gasteiger partial charge in [0.25, 0.3) is 5.91 Å². The first-order valence-corrected chi connectivity index (χ1v) is 7.25. The molecule has 114 valence electrons. The quantitative estimate of drug-likeness (QED) is 0.912. The largest absolute Gasteiger partial charge is 0.386 e. The summed E-state index contributed by atoms with van der Waals surface area (Å²) in [7, 11) is 1.65. The number of hydrogen-bond donors (Lipinski definition) is 2. The van der Waals surface area contributed by atoms with E-state index in [-0.39, 0.29) is 11.9 Å². The molecule has 5 heteroatoms. The van der Waals surface area contributed by atoms with Gasteiger partial charge < -0.3 is 15.5 Å². The van der Waals surface area contributed by atoms with Crippen LogP contribution in [0.15, 0.2) is 48.5 Å². The Morgan fingerprint density at radius 1 is 1.18 bits per heavy atom. The molecule has 0 aromatic heterocycles. The normalized spacial score (nSPS) is 14.4. The van der Waals surface area contributed by atoms with Gasteiger partial charge in [0.2, 0.25) is 0 Å². The Labute approximate surface area is 128 Å². The molecule has 22 heavy (non-hydrogen) atoms. The Bertz CT molecular complexity index is 669. The SMILES string of the molecule is CNc1ccc(C(=O)N2CC(Nc3ccccc3)C2)cc1F. The maximum atomic E-state index is 13.7. The fraction of sp³-hybridized carbons (Fsp3) is 0.235. The van der Waals surface area contributed by atoms with Crippen molar-refractivity contribution in [2.75, 3.05) is 30.8 Å². The van der Waals surface area contributed by atoms with Crippen LogP contribution in [-0.2, 0) is 0 Å². The topological polar surface area (TPSA) is 44.4 Å². The minimum absolute atomic E-state index is 0.132. The van der Waals surface area contributed by atoms with Crippen LogP contribution in [-0.4, -0.2) is 37.0 Å². The fourth-order valence-electron chi connectivity index (χ4n) is 2.54. The third-order valence-corrected chi connectivity index (χ3v) is 3.80. The highest BCUT2D eigenvalue weighted by Crippen LogP contribution is 2.20. The lowest BCUT2D eigenvalue weighted by atomic mass is 10.1. The van der Waals surface area contributed by atoms with E-state index in [1.165, 1.54) is 6.07 Å². The number of hydrogen-bond acceptors (Lipinski definition) is 3. The summed E-state index contributed by atoms with van der Waals surface area (Å²) in [6.45, 7) is 1.26. The highest BCUT2D eigenvalue weighted by atomic mass is 19.1. The van der Waals surface area contributed by atoms with Gasteiger partial charge in [-0.1, -0.05) is 18.2 Å². The number of nitrogens with zero attached hydrogens (tertiary/aromatic N) is 1. The molecular formula is C17H18FN3O. The third-order valence-electron chi connectivity index (χ3n) is 3.80. The molecule has 0 spiro atoms. The molecule has 0 atom stereocenters. The summed E-state index contributed by atoms with van der Waals surface area (Å²) in [6, 6.07) is 14.7. The van der Waals surface area contributed by atoms with E-state index in [2.05, 4.69) is 10.6 Å². The maximum absolute atomic E-state index is 13.7. The van der Waals surface area contributed by atoms with E-state index in [1.54, 1.807) is 24.1 Å². The van der Waals surface area contributed by atoms with E-state index in [0.717, 1.165) is 5.69 Å². The first kappa shape index (κ1) is 14.4. The highest BCUT2D eigenvalue weighted by molar-refractivity contribution is 5.95. The summed E-state index contributed by atoms with van der Waals surface area (Å²) >= 11 is 0. The van der Waals surface area contributed by atoms with Crippen molar-refractivity contribution in [2.45, 2.75) is 6.04 Å². The van der Waals surface area contributed by atoms with Crippen molar-refractivity contribution in [2.24, 2.45) is 0 Å². The van der Waals surface area contributed by atoms with Crippen LogP contribution < -0.4 is 10.6 Å². The second-order valence-electron chi connectivity index (χ2n) is 5.36. The molecule has 2 aromatic carbocycles. The lowest BCUT2D eigenvalue weighted by Gasteiger charge is -2.40. The van der Waals surface area contributed by atoms with Gasteiger partial charge in [0.05, 0.1) is 11.7 Å². The van der Waals surface area contributed by atoms with Gasteiger partial charge >= 0.3 is 0 Å². The van der Waals surface area contributed by atoms with E-state index < -0.39 is 5.82 Å². The highest BCUT2D eigenvalue weighted by Gasteiger charge is 2.31. The molecular weight excluding hydrogens is 281 g/mol. The number of carbonyl (C=O) groups excluding carboxylic acids is 1. The monoisotopic (exact) mass is 299 g/mol. The van der Waals surface area contributed by atoms with Crippen LogP contribution in [0.2, 0.25) is 0 Å². The molecule has 1 amide bonds. The zero-order valence-electron chi connectivity index (χ0n) is 12.3. The van der Waals surface area contributed by atoms with Crippen LogP contribution in [0.4, 0.5) is 15.8 Å². The van der Waals surface area contributed by atoms with Crippen LogP contribution in [0, 0.1) is 5.82 Å². The van der Waals surface area contributed by atoms with Crippen molar-refractivity contribution in [3.05, 3.63) is 59.9 Å². The summed E-state index contributed by atoms with van der Waals surface area (Å²) in [4.78, 5) is 14.0. The Hall–Kier alpha value is -2.56. The number of nitrogens with one attached hydrogen (secondary N) is 2. The van der Waals surface area contributed by atoms with Gasteiger partial charge in [-0.2, -0.15) is 0 Å². The van der Waals surface area contributed by atoms with Crippen molar-refractivity contribution in [1.82, 2.24) is 4.90 Å². The van der Waals surface area contributed by atoms with Crippen molar-refractivity contribution in [1.29, 1.82) is 0 Å². The maximum Gasteiger partial charge on any atom is 0.254 e. The zero-order valence-corrected chi connectivity index (χ0v) is 12.3. The Balaban J connectivity index is 1.58. The first-order chi connectivity index (χ1) is 10.7. The van der Waals surface area contributed by atoms with Gasteiger partial charge in [-0.25, -0.2) is 4.39 Å². The lowest BCUT2D eigenvalue weighted by Crippen LogP contribution is -2.57. The first-order valence-electron chi connectivity index (χ1n) is 7.25. The molecule has 0 radical (unpaired) electrons. The van der Waals surface area contributed by atoms with Gasteiger partial charge in [0.15, 0.2) is 0 Å². The fourth-order valence-corrected chi connectivity index (χ4v) is 2.54. The number of benzene rings is 2. The number of para-hydroxylation sites is 1. The predicted molar refractivity (Wildman–Crippen MR) is 85.7 cm³/mol. The molecule has 1 aliphatic heterocycles. The Kier molecular flexibility index (Phi) is 3.96. The molecule has 0 unspecified atom stereocenters. The van der Waals surface area contributed by atoms with Gasteiger partial charge in [0, 0.05) is 31.4 Å². The smallest absolute Gasteiger partial charge is 0.254 e. The van der Waals surface area contributed by atoms with Gasteiger partial charge in [-0.05, 0) is 30.3 Å².